The van der Waals surface area contributed by atoms with Gasteiger partial charge < -0.3 is 10.6 Å². The highest BCUT2D eigenvalue weighted by molar-refractivity contribution is 6.53. The summed E-state index contributed by atoms with van der Waals surface area (Å²) in [5.74, 6) is -6.77. The van der Waals surface area contributed by atoms with Crippen molar-refractivity contribution < 1.29 is 22.8 Å². The zero-order valence-electron chi connectivity index (χ0n) is 18.3. The Kier molecular flexibility index (Phi) is 7.75. The van der Waals surface area contributed by atoms with Crippen molar-refractivity contribution >= 4 is 87.0 Å². The molecule has 1 aliphatic rings. The monoisotopic (exact) mass is 606 g/mol. The van der Waals surface area contributed by atoms with Crippen LogP contribution in [0.15, 0.2) is 55.1 Å². The van der Waals surface area contributed by atoms with Crippen molar-refractivity contribution in [3.8, 4) is 0 Å². The molecule has 4 rings (SSSR count). The molecule has 0 unspecified atom stereocenters. The Bertz CT molecular complexity index is 1440. The molecule has 4 nitrogen and oxygen atoms in total. The molecule has 192 valence electrons. The maximum absolute atomic E-state index is 14.5. The summed E-state index contributed by atoms with van der Waals surface area (Å²) in [4.78, 5) is 25.8. The SMILES string of the molecule is C=C(F)c1c(F)ccc(NC(=O)c2cc(NC(=O)[C@H]3[C@H](c4cc(Cl)cc(Cl)c4)C3(Cl)Cl)ccc2Cl)c1F. The van der Waals surface area contributed by atoms with E-state index in [2.05, 4.69) is 17.2 Å². The number of carbonyl (C=O) groups is 2. The second-order valence-corrected chi connectivity index (χ2v) is 10.9. The van der Waals surface area contributed by atoms with Crippen LogP contribution in [-0.2, 0) is 4.79 Å². The van der Waals surface area contributed by atoms with E-state index < -0.39 is 56.7 Å². The van der Waals surface area contributed by atoms with Crippen LogP contribution in [0.4, 0.5) is 24.5 Å². The number of benzene rings is 3. The first-order valence-corrected chi connectivity index (χ1v) is 12.3. The molecule has 0 aliphatic heterocycles. The van der Waals surface area contributed by atoms with Crippen molar-refractivity contribution in [1.29, 1.82) is 0 Å². The van der Waals surface area contributed by atoms with Crippen LogP contribution < -0.4 is 10.6 Å². The van der Waals surface area contributed by atoms with Gasteiger partial charge in [-0.05, 0) is 54.1 Å². The quantitative estimate of drug-likeness (QED) is 0.275. The molecule has 3 aromatic carbocycles. The fourth-order valence-corrected chi connectivity index (χ4v) is 5.48. The standard InChI is InChI=1S/C25H14Cl5F3N2O2/c1-10(31)19-17(32)4-5-18(22(19)33)35-23(36)15-9-14(2-3-16(15)28)34-24(37)21-20(25(21,29)30)11-6-12(26)8-13(27)7-11/h2-9,20-21H,1H2,(H,34,37)(H,35,36)/t20-,21+/m0/s1. The van der Waals surface area contributed by atoms with Gasteiger partial charge in [0.25, 0.3) is 5.91 Å². The molecule has 0 heterocycles. The largest absolute Gasteiger partial charge is 0.326 e. The third-order valence-electron chi connectivity index (χ3n) is 5.67. The minimum absolute atomic E-state index is 0.0324. The smallest absolute Gasteiger partial charge is 0.257 e. The Morgan fingerprint density at radius 3 is 2.19 bits per heavy atom. The fraction of sp³-hybridized carbons (Fsp3) is 0.120. The van der Waals surface area contributed by atoms with Crippen LogP contribution in [0.3, 0.4) is 0 Å². The van der Waals surface area contributed by atoms with E-state index in [0.717, 1.165) is 12.1 Å². The highest BCUT2D eigenvalue weighted by Gasteiger charge is 2.67. The molecule has 3 aromatic rings. The normalized spacial score (nSPS) is 17.7. The number of rotatable bonds is 6. The number of alkyl halides is 2. The maximum atomic E-state index is 14.5. The lowest BCUT2D eigenvalue weighted by atomic mass is 10.1. The molecule has 2 N–H and O–H groups in total. The molecule has 2 amide bonds. The van der Waals surface area contributed by atoms with E-state index >= 15 is 0 Å². The van der Waals surface area contributed by atoms with Gasteiger partial charge in [0, 0.05) is 21.7 Å². The number of anilines is 2. The first kappa shape index (κ1) is 27.6. The second-order valence-electron chi connectivity index (χ2n) is 8.16. The summed E-state index contributed by atoms with van der Waals surface area (Å²) < 4.78 is 40.3. The van der Waals surface area contributed by atoms with E-state index in [4.69, 9.17) is 58.0 Å². The van der Waals surface area contributed by atoms with E-state index in [1.807, 2.05) is 0 Å². The predicted octanol–water partition coefficient (Wildman–Crippen LogP) is 8.64. The van der Waals surface area contributed by atoms with Gasteiger partial charge in [0.2, 0.25) is 5.91 Å². The van der Waals surface area contributed by atoms with Gasteiger partial charge in [0.15, 0.2) is 5.82 Å². The van der Waals surface area contributed by atoms with Gasteiger partial charge in [-0.2, -0.15) is 0 Å². The summed E-state index contributed by atoms with van der Waals surface area (Å²) in [6, 6.07) is 10.4. The van der Waals surface area contributed by atoms with E-state index in [1.54, 1.807) is 12.1 Å². The van der Waals surface area contributed by atoms with E-state index in [-0.39, 0.29) is 16.3 Å². The number of halogens is 8. The van der Waals surface area contributed by atoms with Gasteiger partial charge in [-0.15, -0.1) is 23.2 Å². The number of hydrogen-bond acceptors (Lipinski definition) is 2. The molecule has 12 heteroatoms. The topological polar surface area (TPSA) is 58.2 Å². The minimum Gasteiger partial charge on any atom is -0.326 e. The lowest BCUT2D eigenvalue weighted by Crippen LogP contribution is -2.18. The summed E-state index contributed by atoms with van der Waals surface area (Å²) in [6.07, 6.45) is 0. The Labute approximate surface area is 234 Å². The van der Waals surface area contributed by atoms with Gasteiger partial charge in [0.05, 0.1) is 27.8 Å². The van der Waals surface area contributed by atoms with Crippen LogP contribution in [0, 0.1) is 17.6 Å². The molecule has 2 atom stereocenters. The van der Waals surface area contributed by atoms with Crippen LogP contribution in [-0.4, -0.2) is 16.1 Å². The lowest BCUT2D eigenvalue weighted by molar-refractivity contribution is -0.117. The highest BCUT2D eigenvalue weighted by atomic mass is 35.5. The molecule has 0 spiro atoms. The van der Waals surface area contributed by atoms with Crippen molar-refractivity contribution in [1.82, 2.24) is 0 Å². The molecule has 37 heavy (non-hydrogen) atoms. The van der Waals surface area contributed by atoms with Crippen LogP contribution in [0.5, 0.6) is 0 Å². The summed E-state index contributed by atoms with van der Waals surface area (Å²) in [7, 11) is 0. The van der Waals surface area contributed by atoms with Crippen molar-refractivity contribution in [2.45, 2.75) is 10.3 Å². The molecular weight excluding hydrogens is 595 g/mol. The maximum Gasteiger partial charge on any atom is 0.257 e. The number of amides is 2. The number of hydrogen-bond donors (Lipinski definition) is 2. The molecule has 1 aliphatic carbocycles. The van der Waals surface area contributed by atoms with E-state index in [1.165, 1.54) is 24.3 Å². The van der Waals surface area contributed by atoms with Crippen molar-refractivity contribution in [2.24, 2.45) is 5.92 Å². The zero-order valence-corrected chi connectivity index (χ0v) is 22.1. The Morgan fingerprint density at radius 2 is 1.57 bits per heavy atom. The average Bonchev–Trinajstić information content (AvgIpc) is 3.38. The van der Waals surface area contributed by atoms with Gasteiger partial charge in [-0.25, -0.2) is 13.2 Å². The molecular formula is C25H14Cl5F3N2O2. The molecule has 1 fully saturated rings. The van der Waals surface area contributed by atoms with Crippen molar-refractivity contribution in [2.75, 3.05) is 10.6 Å². The average molecular weight is 609 g/mol. The number of nitrogens with one attached hydrogen (secondary N) is 2. The van der Waals surface area contributed by atoms with Crippen LogP contribution in [0.1, 0.15) is 27.4 Å². The van der Waals surface area contributed by atoms with Gasteiger partial charge in [-0.3, -0.25) is 9.59 Å². The van der Waals surface area contributed by atoms with Gasteiger partial charge >= 0.3 is 0 Å². The fourth-order valence-electron chi connectivity index (χ4n) is 3.91. The summed E-state index contributed by atoms with van der Waals surface area (Å²) in [5, 5.41) is 5.50. The van der Waals surface area contributed by atoms with Gasteiger partial charge in [0.1, 0.15) is 16.0 Å². The Morgan fingerprint density at radius 1 is 0.919 bits per heavy atom. The van der Waals surface area contributed by atoms with Crippen LogP contribution >= 0.6 is 58.0 Å². The zero-order chi connectivity index (χ0) is 27.2. The molecule has 1 saturated carbocycles. The van der Waals surface area contributed by atoms with Crippen molar-refractivity contribution in [3.63, 3.8) is 0 Å². The molecule has 0 radical (unpaired) electrons. The van der Waals surface area contributed by atoms with E-state index in [9.17, 15) is 22.8 Å². The van der Waals surface area contributed by atoms with E-state index in [0.29, 0.717) is 15.6 Å². The third kappa shape index (κ3) is 5.56. The summed E-state index contributed by atoms with van der Waals surface area (Å²) >= 11 is 31.0. The first-order valence-electron chi connectivity index (χ1n) is 10.4. The summed E-state index contributed by atoms with van der Waals surface area (Å²) in [6.45, 7) is 2.89. The molecule has 0 bridgehead atoms. The Balaban J connectivity index is 1.54. The molecule has 0 saturated heterocycles. The Hall–Kier alpha value is -2.42. The van der Waals surface area contributed by atoms with Crippen LogP contribution in [0.25, 0.3) is 5.83 Å². The van der Waals surface area contributed by atoms with Gasteiger partial charge in [-0.1, -0.05) is 41.4 Å². The first-order chi connectivity index (χ1) is 17.3. The third-order valence-corrected chi connectivity index (χ3v) is 7.38. The van der Waals surface area contributed by atoms with Crippen LogP contribution in [0.2, 0.25) is 15.1 Å². The second kappa shape index (κ2) is 10.4. The summed E-state index contributed by atoms with van der Waals surface area (Å²) in [5.41, 5.74) is -0.913. The lowest BCUT2D eigenvalue weighted by Gasteiger charge is -2.12. The van der Waals surface area contributed by atoms with Crippen molar-refractivity contribution in [3.05, 3.63) is 98.5 Å². The highest BCUT2D eigenvalue weighted by Crippen LogP contribution is 2.65. The molecule has 0 aromatic heterocycles. The minimum atomic E-state index is -1.43. The predicted molar refractivity (Wildman–Crippen MR) is 142 cm³/mol. The number of carbonyl (C=O) groups excluding carboxylic acids is 2.